The topological polar surface area (TPSA) is 95.1 Å². The zero-order valence-corrected chi connectivity index (χ0v) is 16.6. The molecule has 0 saturated carbocycles. The lowest BCUT2D eigenvalue weighted by atomic mass is 10.1. The molecule has 1 amide bonds. The minimum Gasteiger partial charge on any atom is -0.501 e. The molecule has 2 rings (SSSR count). The van der Waals surface area contributed by atoms with E-state index >= 15 is 0 Å². The molecule has 0 radical (unpaired) electrons. The first-order valence-corrected chi connectivity index (χ1v) is 9.43. The first kappa shape index (κ1) is 22.7. The van der Waals surface area contributed by atoms with Crippen LogP contribution in [0.25, 0.3) is 0 Å². The monoisotopic (exact) mass is 395 g/mol. The first-order chi connectivity index (χ1) is 12.8. The van der Waals surface area contributed by atoms with Crippen LogP contribution >= 0.6 is 12.6 Å². The maximum absolute atomic E-state index is 12.9. The van der Waals surface area contributed by atoms with E-state index in [1.807, 2.05) is 20.8 Å². The number of aromatic hydroxyl groups is 1. The standard InChI is InChI=1S/C17H20FN3O3.C2H6S/c1-3-4-10(2)15-20-13(14(22)17(24)21-15)16(23)19-9-11-5-7-12(18)8-6-11;1-2-3/h5-8,10,22H,3-4,9H2,1-2H3,(H,19,23)(H,20,21,24);3H,2H2,1H3/t10-;/m1./s1. The molecule has 2 aromatic rings. The second kappa shape index (κ2) is 11.4. The van der Waals surface area contributed by atoms with Crippen molar-refractivity contribution in [2.45, 2.75) is 46.1 Å². The van der Waals surface area contributed by atoms with Gasteiger partial charge in [0, 0.05) is 12.5 Å². The Labute approximate surface area is 163 Å². The molecule has 0 fully saturated rings. The quantitative estimate of drug-likeness (QED) is 0.564. The summed E-state index contributed by atoms with van der Waals surface area (Å²) in [5.74, 6) is -0.459. The van der Waals surface area contributed by atoms with Gasteiger partial charge in [-0.25, -0.2) is 9.37 Å². The van der Waals surface area contributed by atoms with Gasteiger partial charge in [0.2, 0.25) is 5.75 Å². The Morgan fingerprint density at radius 2 is 1.93 bits per heavy atom. The SMILES string of the molecule is CCC[C@@H](C)c1nc(C(=O)NCc2ccc(F)cc2)c(O)c(=O)[nH]1.CCS. The van der Waals surface area contributed by atoms with E-state index in [4.69, 9.17) is 0 Å². The molecular weight excluding hydrogens is 369 g/mol. The first-order valence-electron chi connectivity index (χ1n) is 8.80. The van der Waals surface area contributed by atoms with Crippen molar-refractivity contribution in [3.8, 4) is 5.75 Å². The third-order valence-corrected chi connectivity index (χ3v) is 3.68. The Hall–Kier alpha value is -2.35. The number of hydrogen-bond donors (Lipinski definition) is 4. The fourth-order valence-corrected chi connectivity index (χ4v) is 2.31. The van der Waals surface area contributed by atoms with Gasteiger partial charge < -0.3 is 15.4 Å². The largest absolute Gasteiger partial charge is 0.501 e. The summed E-state index contributed by atoms with van der Waals surface area (Å²) >= 11 is 3.79. The number of benzene rings is 1. The van der Waals surface area contributed by atoms with Crippen molar-refractivity contribution in [2.24, 2.45) is 0 Å². The predicted molar refractivity (Wildman–Crippen MR) is 107 cm³/mol. The summed E-state index contributed by atoms with van der Waals surface area (Å²) in [5, 5.41) is 12.4. The average molecular weight is 396 g/mol. The summed E-state index contributed by atoms with van der Waals surface area (Å²) in [4.78, 5) is 30.6. The van der Waals surface area contributed by atoms with Crippen LogP contribution in [0.2, 0.25) is 0 Å². The van der Waals surface area contributed by atoms with Crippen molar-refractivity contribution in [1.29, 1.82) is 0 Å². The minimum absolute atomic E-state index is 0.0352. The van der Waals surface area contributed by atoms with Gasteiger partial charge in [-0.15, -0.1) is 0 Å². The summed E-state index contributed by atoms with van der Waals surface area (Å²) < 4.78 is 12.9. The Balaban J connectivity index is 0.00000114. The number of halogens is 1. The van der Waals surface area contributed by atoms with Crippen molar-refractivity contribution in [2.75, 3.05) is 5.75 Å². The molecule has 27 heavy (non-hydrogen) atoms. The summed E-state index contributed by atoms with van der Waals surface area (Å²) in [6.07, 6.45) is 1.70. The number of aromatic amines is 1. The van der Waals surface area contributed by atoms with E-state index in [9.17, 15) is 19.1 Å². The van der Waals surface area contributed by atoms with Crippen LogP contribution in [0.4, 0.5) is 4.39 Å². The molecule has 0 saturated heterocycles. The normalized spacial score (nSPS) is 11.3. The van der Waals surface area contributed by atoms with Crippen molar-refractivity contribution >= 4 is 18.5 Å². The zero-order valence-electron chi connectivity index (χ0n) is 15.8. The van der Waals surface area contributed by atoms with Gasteiger partial charge in [-0.05, 0) is 29.9 Å². The van der Waals surface area contributed by atoms with Crippen molar-refractivity contribution in [1.82, 2.24) is 15.3 Å². The molecule has 0 aliphatic carbocycles. The van der Waals surface area contributed by atoms with Crippen LogP contribution in [-0.4, -0.2) is 26.7 Å². The molecule has 0 aliphatic rings. The molecule has 0 aliphatic heterocycles. The Morgan fingerprint density at radius 3 is 2.48 bits per heavy atom. The maximum Gasteiger partial charge on any atom is 0.293 e. The fraction of sp³-hybridized carbons (Fsp3) is 0.421. The number of aromatic nitrogens is 2. The van der Waals surface area contributed by atoms with Gasteiger partial charge in [0.1, 0.15) is 11.6 Å². The van der Waals surface area contributed by atoms with Gasteiger partial charge in [-0.3, -0.25) is 9.59 Å². The highest BCUT2D eigenvalue weighted by molar-refractivity contribution is 7.80. The highest BCUT2D eigenvalue weighted by atomic mass is 32.1. The summed E-state index contributed by atoms with van der Waals surface area (Å²) in [7, 11) is 0. The molecule has 148 valence electrons. The van der Waals surface area contributed by atoms with Crippen molar-refractivity contribution in [3.05, 3.63) is 57.5 Å². The average Bonchev–Trinajstić information content (AvgIpc) is 2.64. The second-order valence-corrected chi connectivity index (χ2v) is 6.60. The van der Waals surface area contributed by atoms with E-state index in [0.717, 1.165) is 18.6 Å². The molecule has 6 nitrogen and oxygen atoms in total. The van der Waals surface area contributed by atoms with Crippen LogP contribution in [0, 0.1) is 5.82 Å². The van der Waals surface area contributed by atoms with Crippen molar-refractivity contribution < 1.29 is 14.3 Å². The van der Waals surface area contributed by atoms with E-state index in [-0.39, 0.29) is 24.0 Å². The van der Waals surface area contributed by atoms with Crippen LogP contribution in [0.5, 0.6) is 5.75 Å². The number of H-pyrrole nitrogens is 1. The van der Waals surface area contributed by atoms with E-state index in [2.05, 4.69) is 27.9 Å². The number of amides is 1. The molecule has 0 unspecified atom stereocenters. The Bertz CT molecular complexity index is 794. The van der Waals surface area contributed by atoms with Crippen LogP contribution in [-0.2, 0) is 6.54 Å². The lowest BCUT2D eigenvalue weighted by molar-refractivity contribution is 0.0942. The van der Waals surface area contributed by atoms with Crippen LogP contribution < -0.4 is 10.9 Å². The van der Waals surface area contributed by atoms with Crippen LogP contribution in [0.3, 0.4) is 0 Å². The number of nitrogens with one attached hydrogen (secondary N) is 2. The van der Waals surface area contributed by atoms with Crippen LogP contribution in [0.1, 0.15) is 61.4 Å². The second-order valence-electron chi connectivity index (χ2n) is 5.96. The molecule has 3 N–H and O–H groups in total. The van der Waals surface area contributed by atoms with Gasteiger partial charge >= 0.3 is 0 Å². The Kier molecular flexibility index (Phi) is 9.56. The lowest BCUT2D eigenvalue weighted by Gasteiger charge is -2.12. The summed E-state index contributed by atoms with van der Waals surface area (Å²) in [6.45, 7) is 6.01. The number of thiol groups is 1. The third-order valence-electron chi connectivity index (χ3n) is 3.68. The predicted octanol–water partition coefficient (Wildman–Crippen LogP) is 3.38. The highest BCUT2D eigenvalue weighted by Crippen LogP contribution is 2.18. The van der Waals surface area contributed by atoms with E-state index in [1.165, 1.54) is 24.3 Å². The molecule has 1 aromatic carbocycles. The third kappa shape index (κ3) is 7.05. The van der Waals surface area contributed by atoms with Gasteiger partial charge in [0.15, 0.2) is 5.69 Å². The van der Waals surface area contributed by atoms with Gasteiger partial charge in [-0.1, -0.05) is 39.3 Å². The Morgan fingerprint density at radius 1 is 1.33 bits per heavy atom. The molecule has 8 heteroatoms. The number of carbonyl (C=O) groups excluding carboxylic acids is 1. The number of carbonyl (C=O) groups is 1. The number of nitrogens with zero attached hydrogens (tertiary/aromatic N) is 1. The number of hydrogen-bond acceptors (Lipinski definition) is 5. The molecule has 1 aromatic heterocycles. The van der Waals surface area contributed by atoms with Crippen LogP contribution in [0.15, 0.2) is 29.1 Å². The minimum atomic E-state index is -0.741. The van der Waals surface area contributed by atoms with E-state index in [1.54, 1.807) is 0 Å². The number of rotatable bonds is 6. The van der Waals surface area contributed by atoms with Crippen molar-refractivity contribution in [3.63, 3.8) is 0 Å². The van der Waals surface area contributed by atoms with E-state index < -0.39 is 17.2 Å². The highest BCUT2D eigenvalue weighted by Gasteiger charge is 2.19. The molecule has 0 spiro atoms. The van der Waals surface area contributed by atoms with Gasteiger partial charge in [0.05, 0.1) is 0 Å². The van der Waals surface area contributed by atoms with Gasteiger partial charge in [0.25, 0.3) is 11.5 Å². The molecule has 1 heterocycles. The molecular formula is C19H26FN3O3S. The summed E-state index contributed by atoms with van der Waals surface area (Å²) in [5.41, 5.74) is -0.359. The van der Waals surface area contributed by atoms with E-state index in [0.29, 0.717) is 11.4 Å². The smallest absolute Gasteiger partial charge is 0.293 e. The lowest BCUT2D eigenvalue weighted by Crippen LogP contribution is -2.27. The molecule has 1 atom stereocenters. The fourth-order valence-electron chi connectivity index (χ4n) is 2.31. The zero-order chi connectivity index (χ0) is 20.4. The maximum atomic E-state index is 12.9. The van der Waals surface area contributed by atoms with Gasteiger partial charge in [-0.2, -0.15) is 12.6 Å². The summed E-state index contributed by atoms with van der Waals surface area (Å²) in [6, 6.07) is 5.65. The molecule has 0 bridgehead atoms.